The maximum Gasteiger partial charge on any atom is 0.142 e. The predicted molar refractivity (Wildman–Crippen MR) is 43.0 cm³/mol. The van der Waals surface area contributed by atoms with Crippen LogP contribution in [0.25, 0.3) is 0 Å². The Morgan fingerprint density at radius 1 is 1.36 bits per heavy atom. The zero-order valence-electron chi connectivity index (χ0n) is 7.42. The van der Waals surface area contributed by atoms with E-state index in [9.17, 15) is 5.21 Å². The molecule has 3 heteroatoms. The first-order valence-corrected chi connectivity index (χ1v) is 3.79. The van der Waals surface area contributed by atoms with Gasteiger partial charge in [-0.05, 0) is 19.8 Å². The van der Waals surface area contributed by atoms with Gasteiger partial charge in [0, 0.05) is 0 Å². The Bertz CT molecular complexity index is 263. The number of nitrogens with zero attached hydrogens (tertiary/aromatic N) is 2. The SMILES string of the molecule is Cc1nc(C(C)C)c(C)n1O. The Labute approximate surface area is 66.6 Å². The van der Waals surface area contributed by atoms with Crippen molar-refractivity contribution in [3.63, 3.8) is 0 Å². The Hall–Kier alpha value is -0.990. The molecule has 62 valence electrons. The van der Waals surface area contributed by atoms with Crippen molar-refractivity contribution in [3.05, 3.63) is 17.2 Å². The number of aryl methyl sites for hydroxylation is 1. The molecule has 0 atom stereocenters. The van der Waals surface area contributed by atoms with Crippen LogP contribution in [0, 0.1) is 13.8 Å². The minimum absolute atomic E-state index is 0.377. The second-order valence-corrected chi connectivity index (χ2v) is 3.10. The molecular weight excluding hydrogens is 140 g/mol. The summed E-state index contributed by atoms with van der Waals surface area (Å²) in [5, 5.41) is 9.33. The lowest BCUT2D eigenvalue weighted by molar-refractivity contribution is 0.172. The first-order chi connectivity index (χ1) is 5.04. The second kappa shape index (κ2) is 2.57. The molecule has 11 heavy (non-hydrogen) atoms. The van der Waals surface area contributed by atoms with Crippen LogP contribution in [0.5, 0.6) is 0 Å². The molecule has 0 fully saturated rings. The molecule has 1 aromatic rings. The van der Waals surface area contributed by atoms with Crippen LogP contribution in [-0.2, 0) is 0 Å². The fraction of sp³-hybridized carbons (Fsp3) is 0.625. The van der Waals surface area contributed by atoms with Crippen molar-refractivity contribution in [1.29, 1.82) is 0 Å². The standard InChI is InChI=1S/C8H14N2O/c1-5(2)8-6(3)10(11)7(4)9-8/h5,11H,1-4H3. The lowest BCUT2D eigenvalue weighted by Gasteiger charge is -2.00. The minimum Gasteiger partial charge on any atom is -0.427 e. The summed E-state index contributed by atoms with van der Waals surface area (Å²) in [6.07, 6.45) is 0. The number of hydrogen-bond donors (Lipinski definition) is 1. The molecule has 0 radical (unpaired) electrons. The van der Waals surface area contributed by atoms with Crippen LogP contribution in [0.2, 0.25) is 0 Å². The Morgan fingerprint density at radius 2 is 1.91 bits per heavy atom. The summed E-state index contributed by atoms with van der Waals surface area (Å²) in [7, 11) is 0. The van der Waals surface area contributed by atoms with E-state index in [2.05, 4.69) is 18.8 Å². The molecule has 0 saturated heterocycles. The largest absolute Gasteiger partial charge is 0.427 e. The highest BCUT2D eigenvalue weighted by Crippen LogP contribution is 2.17. The van der Waals surface area contributed by atoms with Gasteiger partial charge in [-0.3, -0.25) is 0 Å². The average molecular weight is 154 g/mol. The summed E-state index contributed by atoms with van der Waals surface area (Å²) in [5.74, 6) is 1.04. The maximum atomic E-state index is 9.33. The van der Waals surface area contributed by atoms with Gasteiger partial charge in [-0.25, -0.2) is 4.98 Å². The van der Waals surface area contributed by atoms with Crippen molar-refractivity contribution >= 4 is 0 Å². The Balaban J connectivity index is 3.19. The van der Waals surface area contributed by atoms with Crippen LogP contribution in [0.15, 0.2) is 0 Å². The molecule has 0 aliphatic carbocycles. The summed E-state index contributed by atoms with van der Waals surface area (Å²) >= 11 is 0. The molecular formula is C8H14N2O. The predicted octanol–water partition coefficient (Wildman–Crippen LogP) is 1.86. The van der Waals surface area contributed by atoms with Crippen molar-refractivity contribution in [2.75, 3.05) is 0 Å². The number of imidazole rings is 1. The van der Waals surface area contributed by atoms with Gasteiger partial charge in [0.1, 0.15) is 5.82 Å². The number of rotatable bonds is 1. The number of hydrogen-bond acceptors (Lipinski definition) is 2. The zero-order valence-corrected chi connectivity index (χ0v) is 7.42. The van der Waals surface area contributed by atoms with Crippen LogP contribution >= 0.6 is 0 Å². The highest BCUT2D eigenvalue weighted by atomic mass is 16.5. The zero-order chi connectivity index (χ0) is 8.59. The molecule has 1 rings (SSSR count). The fourth-order valence-electron chi connectivity index (χ4n) is 1.20. The lowest BCUT2D eigenvalue weighted by atomic mass is 10.1. The van der Waals surface area contributed by atoms with E-state index >= 15 is 0 Å². The van der Waals surface area contributed by atoms with Crippen molar-refractivity contribution in [2.45, 2.75) is 33.6 Å². The van der Waals surface area contributed by atoms with Crippen LogP contribution in [0.4, 0.5) is 0 Å². The molecule has 1 heterocycles. The first kappa shape index (κ1) is 8.11. The second-order valence-electron chi connectivity index (χ2n) is 3.10. The lowest BCUT2D eigenvalue weighted by Crippen LogP contribution is -1.96. The van der Waals surface area contributed by atoms with Gasteiger partial charge >= 0.3 is 0 Å². The van der Waals surface area contributed by atoms with Crippen molar-refractivity contribution < 1.29 is 5.21 Å². The Morgan fingerprint density at radius 3 is 2.09 bits per heavy atom. The molecule has 3 nitrogen and oxygen atoms in total. The molecule has 0 aromatic carbocycles. The quantitative estimate of drug-likeness (QED) is 0.627. The number of aromatic nitrogens is 2. The van der Waals surface area contributed by atoms with Gasteiger partial charge in [0.05, 0.1) is 11.4 Å². The van der Waals surface area contributed by atoms with Crippen molar-refractivity contribution in [2.24, 2.45) is 0 Å². The highest BCUT2D eigenvalue weighted by molar-refractivity contribution is 5.16. The minimum atomic E-state index is 0.377. The highest BCUT2D eigenvalue weighted by Gasteiger charge is 2.11. The molecule has 0 amide bonds. The van der Waals surface area contributed by atoms with Crippen LogP contribution in [0.1, 0.15) is 37.0 Å². The molecule has 0 aliphatic heterocycles. The molecule has 1 N–H and O–H groups in total. The molecule has 0 saturated carbocycles. The van der Waals surface area contributed by atoms with Gasteiger partial charge in [0.2, 0.25) is 0 Å². The summed E-state index contributed by atoms with van der Waals surface area (Å²) in [6.45, 7) is 7.79. The van der Waals surface area contributed by atoms with Gasteiger partial charge in [0.25, 0.3) is 0 Å². The molecule has 0 spiro atoms. The molecule has 0 bridgehead atoms. The van der Waals surface area contributed by atoms with E-state index in [-0.39, 0.29) is 0 Å². The van der Waals surface area contributed by atoms with Crippen molar-refractivity contribution in [3.8, 4) is 0 Å². The van der Waals surface area contributed by atoms with Gasteiger partial charge in [-0.1, -0.05) is 13.8 Å². The Kier molecular flexibility index (Phi) is 1.89. The summed E-state index contributed by atoms with van der Waals surface area (Å²) < 4.78 is 1.13. The fourth-order valence-corrected chi connectivity index (χ4v) is 1.20. The van der Waals surface area contributed by atoms with Crippen LogP contribution in [0.3, 0.4) is 0 Å². The van der Waals surface area contributed by atoms with Gasteiger partial charge in [0.15, 0.2) is 0 Å². The van der Waals surface area contributed by atoms with Gasteiger partial charge in [-0.15, -0.1) is 0 Å². The van der Waals surface area contributed by atoms with E-state index in [4.69, 9.17) is 0 Å². The first-order valence-electron chi connectivity index (χ1n) is 3.79. The van der Waals surface area contributed by atoms with Crippen LogP contribution < -0.4 is 0 Å². The van der Waals surface area contributed by atoms with E-state index in [1.54, 1.807) is 6.92 Å². The summed E-state index contributed by atoms with van der Waals surface area (Å²) in [6, 6.07) is 0. The third kappa shape index (κ3) is 1.23. The van der Waals surface area contributed by atoms with Crippen LogP contribution in [-0.4, -0.2) is 14.9 Å². The van der Waals surface area contributed by atoms with E-state index in [0.29, 0.717) is 11.7 Å². The van der Waals surface area contributed by atoms with Gasteiger partial charge < -0.3 is 5.21 Å². The molecule has 1 aromatic heterocycles. The van der Waals surface area contributed by atoms with Crippen molar-refractivity contribution in [1.82, 2.24) is 9.71 Å². The normalized spacial score (nSPS) is 11.0. The molecule has 0 aliphatic rings. The summed E-state index contributed by atoms with van der Waals surface area (Å²) in [4.78, 5) is 4.22. The summed E-state index contributed by atoms with van der Waals surface area (Å²) in [5.41, 5.74) is 1.82. The van der Waals surface area contributed by atoms with E-state index in [1.807, 2.05) is 6.92 Å². The third-order valence-corrected chi connectivity index (χ3v) is 1.82. The molecule has 0 unspecified atom stereocenters. The van der Waals surface area contributed by atoms with E-state index in [1.165, 1.54) is 0 Å². The van der Waals surface area contributed by atoms with E-state index in [0.717, 1.165) is 16.1 Å². The monoisotopic (exact) mass is 154 g/mol. The average Bonchev–Trinajstić information content (AvgIpc) is 2.17. The van der Waals surface area contributed by atoms with Gasteiger partial charge in [-0.2, -0.15) is 4.73 Å². The maximum absolute atomic E-state index is 9.33. The van der Waals surface area contributed by atoms with E-state index < -0.39 is 0 Å². The third-order valence-electron chi connectivity index (χ3n) is 1.82. The topological polar surface area (TPSA) is 38.0 Å². The smallest absolute Gasteiger partial charge is 0.142 e.